The minimum Gasteiger partial charge on any atom is -0.322 e. The summed E-state index contributed by atoms with van der Waals surface area (Å²) in [6.45, 7) is 3.95. The third-order valence-corrected chi connectivity index (χ3v) is 3.87. The van der Waals surface area contributed by atoms with Gasteiger partial charge in [0.1, 0.15) is 0 Å². The van der Waals surface area contributed by atoms with Crippen molar-refractivity contribution >= 4 is 39.1 Å². The van der Waals surface area contributed by atoms with Gasteiger partial charge in [0.05, 0.1) is 0 Å². The predicted molar refractivity (Wildman–Crippen MR) is 87.6 cm³/mol. The molecule has 0 aliphatic heterocycles. The summed E-state index contributed by atoms with van der Waals surface area (Å²) in [5.41, 5.74) is 4.55. The maximum Gasteiger partial charge on any atom is 0.255 e. The van der Waals surface area contributed by atoms with Gasteiger partial charge in [-0.05, 0) is 54.8 Å². The highest BCUT2D eigenvalue weighted by molar-refractivity contribution is 9.10. The number of alkyl halides is 1. The second-order valence-corrected chi connectivity index (χ2v) is 5.88. The fourth-order valence-electron chi connectivity index (χ4n) is 2.04. The summed E-state index contributed by atoms with van der Waals surface area (Å²) >= 11 is 9.19. The van der Waals surface area contributed by atoms with Gasteiger partial charge in [-0.3, -0.25) is 4.79 Å². The lowest BCUT2D eigenvalue weighted by atomic mass is 10.1. The maximum atomic E-state index is 12.2. The van der Waals surface area contributed by atoms with Gasteiger partial charge < -0.3 is 5.32 Å². The molecule has 0 aliphatic rings. The largest absolute Gasteiger partial charge is 0.322 e. The van der Waals surface area contributed by atoms with E-state index < -0.39 is 0 Å². The summed E-state index contributed by atoms with van der Waals surface area (Å²) in [5, 5.41) is 2.97. The average molecular weight is 353 g/mol. The number of hydrogen-bond acceptors (Lipinski definition) is 1. The van der Waals surface area contributed by atoms with Gasteiger partial charge in [-0.25, -0.2) is 0 Å². The molecule has 20 heavy (non-hydrogen) atoms. The summed E-state index contributed by atoms with van der Waals surface area (Å²) in [7, 11) is 0. The molecule has 2 rings (SSSR count). The Hall–Kier alpha value is -1.32. The number of halogens is 2. The van der Waals surface area contributed by atoms with Gasteiger partial charge in [0.15, 0.2) is 0 Å². The molecule has 0 radical (unpaired) electrons. The minimum absolute atomic E-state index is 0.111. The first-order valence-electron chi connectivity index (χ1n) is 6.24. The van der Waals surface area contributed by atoms with Gasteiger partial charge in [-0.2, -0.15) is 0 Å². The summed E-state index contributed by atoms with van der Waals surface area (Å²) in [4.78, 5) is 12.2. The first kappa shape index (κ1) is 15.1. The van der Waals surface area contributed by atoms with E-state index in [0.717, 1.165) is 26.9 Å². The van der Waals surface area contributed by atoms with Crippen LogP contribution in [0.2, 0.25) is 0 Å². The van der Waals surface area contributed by atoms with Crippen LogP contribution >= 0.6 is 27.5 Å². The van der Waals surface area contributed by atoms with Gasteiger partial charge in [-0.1, -0.05) is 28.1 Å². The molecule has 0 saturated heterocycles. The Bertz CT molecular complexity index is 614. The van der Waals surface area contributed by atoms with Gasteiger partial charge >= 0.3 is 0 Å². The standard InChI is InChI=1S/C16H15BrClNO/c1-10-7-14(17)8-11(2)15(10)19-16(20)13-5-3-12(9-18)4-6-13/h3-8H,9H2,1-2H3,(H,19,20). The molecule has 0 fully saturated rings. The number of benzene rings is 2. The SMILES string of the molecule is Cc1cc(Br)cc(C)c1NC(=O)c1ccc(CCl)cc1. The lowest BCUT2D eigenvalue weighted by molar-refractivity contribution is 0.102. The van der Waals surface area contributed by atoms with Crippen molar-refractivity contribution in [3.05, 3.63) is 63.1 Å². The van der Waals surface area contributed by atoms with Crippen molar-refractivity contribution in [3.8, 4) is 0 Å². The van der Waals surface area contributed by atoms with Crippen LogP contribution in [-0.4, -0.2) is 5.91 Å². The Labute approximate surface area is 132 Å². The molecular formula is C16H15BrClNO. The number of nitrogens with one attached hydrogen (secondary N) is 1. The van der Waals surface area contributed by atoms with Gasteiger partial charge in [0, 0.05) is 21.6 Å². The van der Waals surface area contributed by atoms with Crippen LogP contribution in [-0.2, 0) is 5.88 Å². The normalized spacial score (nSPS) is 10.4. The van der Waals surface area contributed by atoms with Gasteiger partial charge in [-0.15, -0.1) is 11.6 Å². The molecule has 1 amide bonds. The number of carbonyl (C=O) groups excluding carboxylic acids is 1. The fraction of sp³-hybridized carbons (Fsp3) is 0.188. The van der Waals surface area contributed by atoms with Crippen molar-refractivity contribution in [1.29, 1.82) is 0 Å². The van der Waals surface area contributed by atoms with Crippen LogP contribution < -0.4 is 5.32 Å². The first-order valence-corrected chi connectivity index (χ1v) is 7.57. The van der Waals surface area contributed by atoms with Crippen molar-refractivity contribution in [2.24, 2.45) is 0 Å². The zero-order valence-electron chi connectivity index (χ0n) is 11.3. The lowest BCUT2D eigenvalue weighted by Gasteiger charge is -2.12. The smallest absolute Gasteiger partial charge is 0.255 e. The molecule has 0 aromatic heterocycles. The molecule has 0 saturated carbocycles. The van der Waals surface area contributed by atoms with E-state index in [1.165, 1.54) is 0 Å². The number of amides is 1. The first-order chi connectivity index (χ1) is 9.51. The van der Waals surface area contributed by atoms with E-state index in [1.54, 1.807) is 12.1 Å². The molecule has 104 valence electrons. The quantitative estimate of drug-likeness (QED) is 0.769. The van der Waals surface area contributed by atoms with Crippen molar-refractivity contribution < 1.29 is 4.79 Å². The number of carbonyl (C=O) groups is 1. The van der Waals surface area contributed by atoms with E-state index in [4.69, 9.17) is 11.6 Å². The van der Waals surface area contributed by atoms with Crippen molar-refractivity contribution in [3.63, 3.8) is 0 Å². The third-order valence-electron chi connectivity index (χ3n) is 3.11. The van der Waals surface area contributed by atoms with Crippen molar-refractivity contribution in [2.45, 2.75) is 19.7 Å². The molecule has 0 bridgehead atoms. The summed E-state index contributed by atoms with van der Waals surface area (Å²) in [6.07, 6.45) is 0. The molecule has 0 aliphatic carbocycles. The van der Waals surface area contributed by atoms with Crippen LogP contribution in [0.25, 0.3) is 0 Å². The van der Waals surface area contributed by atoms with Crippen LogP contribution in [0, 0.1) is 13.8 Å². The van der Waals surface area contributed by atoms with E-state index in [0.29, 0.717) is 11.4 Å². The molecule has 2 aromatic rings. The second-order valence-electron chi connectivity index (χ2n) is 4.70. The Balaban J connectivity index is 2.23. The molecule has 0 spiro atoms. The fourth-order valence-corrected chi connectivity index (χ4v) is 2.90. The number of hydrogen-bond donors (Lipinski definition) is 1. The van der Waals surface area contributed by atoms with E-state index in [1.807, 2.05) is 38.1 Å². The molecule has 4 heteroatoms. The lowest BCUT2D eigenvalue weighted by Crippen LogP contribution is -2.13. The highest BCUT2D eigenvalue weighted by Crippen LogP contribution is 2.25. The predicted octanol–water partition coefficient (Wildman–Crippen LogP) is 5.06. The zero-order chi connectivity index (χ0) is 14.7. The van der Waals surface area contributed by atoms with E-state index >= 15 is 0 Å². The minimum atomic E-state index is -0.111. The molecule has 1 N–H and O–H groups in total. The van der Waals surface area contributed by atoms with Gasteiger partial charge in [0.2, 0.25) is 0 Å². The average Bonchev–Trinajstić information content (AvgIpc) is 2.42. The number of aryl methyl sites for hydroxylation is 2. The topological polar surface area (TPSA) is 29.1 Å². The Morgan fingerprint density at radius 3 is 2.20 bits per heavy atom. The molecule has 0 unspecified atom stereocenters. The molecule has 0 heterocycles. The molecule has 0 atom stereocenters. The highest BCUT2D eigenvalue weighted by Gasteiger charge is 2.10. The Morgan fingerprint density at radius 1 is 1.15 bits per heavy atom. The number of anilines is 1. The summed E-state index contributed by atoms with van der Waals surface area (Å²) < 4.78 is 1.01. The van der Waals surface area contributed by atoms with Gasteiger partial charge in [0.25, 0.3) is 5.91 Å². The summed E-state index contributed by atoms with van der Waals surface area (Å²) in [6, 6.07) is 11.3. The van der Waals surface area contributed by atoms with E-state index in [-0.39, 0.29) is 5.91 Å². The van der Waals surface area contributed by atoms with Crippen LogP contribution in [0.3, 0.4) is 0 Å². The monoisotopic (exact) mass is 351 g/mol. The maximum absolute atomic E-state index is 12.2. The Morgan fingerprint density at radius 2 is 1.70 bits per heavy atom. The van der Waals surface area contributed by atoms with Crippen LogP contribution in [0.15, 0.2) is 40.9 Å². The summed E-state index contributed by atoms with van der Waals surface area (Å²) in [5.74, 6) is 0.340. The van der Waals surface area contributed by atoms with Crippen LogP contribution in [0.1, 0.15) is 27.0 Å². The van der Waals surface area contributed by atoms with Crippen molar-refractivity contribution in [1.82, 2.24) is 0 Å². The Kier molecular flexibility index (Phi) is 4.84. The van der Waals surface area contributed by atoms with Crippen LogP contribution in [0.5, 0.6) is 0 Å². The molecular weight excluding hydrogens is 338 g/mol. The number of rotatable bonds is 3. The van der Waals surface area contributed by atoms with E-state index in [9.17, 15) is 4.79 Å². The second kappa shape index (κ2) is 6.42. The highest BCUT2D eigenvalue weighted by atomic mass is 79.9. The third kappa shape index (κ3) is 3.41. The van der Waals surface area contributed by atoms with Crippen molar-refractivity contribution in [2.75, 3.05) is 5.32 Å². The van der Waals surface area contributed by atoms with E-state index in [2.05, 4.69) is 21.2 Å². The zero-order valence-corrected chi connectivity index (χ0v) is 13.7. The molecule has 2 nitrogen and oxygen atoms in total. The van der Waals surface area contributed by atoms with Crippen LogP contribution in [0.4, 0.5) is 5.69 Å². The molecule has 2 aromatic carbocycles.